The summed E-state index contributed by atoms with van der Waals surface area (Å²) in [5, 5.41) is 6.44. The Morgan fingerprint density at radius 1 is 0.926 bits per heavy atom. The number of ketones is 1. The summed E-state index contributed by atoms with van der Waals surface area (Å²) in [5.41, 5.74) is 1.02. The second-order valence-electron chi connectivity index (χ2n) is 6.63. The van der Waals surface area contributed by atoms with Gasteiger partial charge in [-0.15, -0.1) is 0 Å². The first-order valence-corrected chi connectivity index (χ1v) is 10.0. The van der Waals surface area contributed by atoms with E-state index in [1.165, 1.54) is 12.8 Å². The largest absolute Gasteiger partial charge is 0.389 e. The van der Waals surface area contributed by atoms with Crippen LogP contribution in [0, 0.1) is 5.92 Å². The summed E-state index contributed by atoms with van der Waals surface area (Å²) < 4.78 is 21.6. The van der Waals surface area contributed by atoms with Gasteiger partial charge in [-0.25, -0.2) is 0 Å². The Morgan fingerprint density at radius 2 is 1.48 bits per heavy atom. The predicted octanol–water partition coefficient (Wildman–Crippen LogP) is 2.12. The third kappa shape index (κ3) is 19.4. The fraction of sp³-hybridized carbons (Fsp3) is 0.850. The van der Waals surface area contributed by atoms with E-state index >= 15 is 0 Å². The Balaban J connectivity index is 3.39. The zero-order valence-corrected chi connectivity index (χ0v) is 17.7. The van der Waals surface area contributed by atoms with Gasteiger partial charge in [0.15, 0.2) is 5.78 Å². The third-order valence-corrected chi connectivity index (χ3v) is 3.73. The summed E-state index contributed by atoms with van der Waals surface area (Å²) in [6.07, 6.45) is 4.89. The number of hydrogen-bond acceptors (Lipinski definition) is 7. The van der Waals surface area contributed by atoms with Crippen molar-refractivity contribution in [2.45, 2.75) is 40.0 Å². The van der Waals surface area contributed by atoms with Gasteiger partial charge in [-0.2, -0.15) is 0 Å². The van der Waals surface area contributed by atoms with Gasteiger partial charge in [0.1, 0.15) is 6.61 Å². The fourth-order valence-electron chi connectivity index (χ4n) is 2.02. The molecule has 7 nitrogen and oxygen atoms in total. The molecule has 0 aromatic heterocycles. The number of nitrogens with one attached hydrogen (secondary N) is 2. The number of carbonyl (C=O) groups excluding carboxylic acids is 1. The van der Waals surface area contributed by atoms with E-state index < -0.39 is 0 Å². The predicted molar refractivity (Wildman–Crippen MR) is 108 cm³/mol. The maximum Gasteiger partial charge on any atom is 0.158 e. The van der Waals surface area contributed by atoms with Gasteiger partial charge in [-0.05, 0) is 18.8 Å². The fourth-order valence-corrected chi connectivity index (χ4v) is 2.02. The molecule has 0 aliphatic heterocycles. The molecule has 0 atom stereocenters. The Labute approximate surface area is 165 Å². The van der Waals surface area contributed by atoms with E-state index in [2.05, 4.69) is 24.5 Å². The number of hydrogen-bond donors (Lipinski definition) is 2. The van der Waals surface area contributed by atoms with Crippen LogP contribution in [0.5, 0.6) is 0 Å². The molecule has 160 valence electrons. The molecule has 0 heterocycles. The molecule has 27 heavy (non-hydrogen) atoms. The van der Waals surface area contributed by atoms with E-state index in [-0.39, 0.29) is 12.4 Å². The van der Waals surface area contributed by atoms with E-state index in [0.717, 1.165) is 18.2 Å². The lowest BCUT2D eigenvalue weighted by molar-refractivity contribution is -0.123. The number of rotatable bonds is 20. The Hall–Kier alpha value is -1.15. The van der Waals surface area contributed by atoms with Crippen molar-refractivity contribution in [1.82, 2.24) is 10.6 Å². The monoisotopic (exact) mass is 388 g/mol. The molecule has 0 bridgehead atoms. The highest BCUT2D eigenvalue weighted by Crippen LogP contribution is 2.01. The van der Waals surface area contributed by atoms with Crippen LogP contribution in [-0.2, 0) is 23.7 Å². The molecule has 0 aliphatic rings. The van der Waals surface area contributed by atoms with E-state index in [1.807, 2.05) is 20.2 Å². The lowest BCUT2D eigenvalue weighted by atomic mass is 10.1. The molecule has 0 aromatic rings. The molecule has 0 saturated heterocycles. The molecular weight excluding hydrogens is 348 g/mol. The quantitative estimate of drug-likeness (QED) is 0.309. The van der Waals surface area contributed by atoms with Crippen molar-refractivity contribution < 1.29 is 23.7 Å². The average Bonchev–Trinajstić information content (AvgIpc) is 2.66. The van der Waals surface area contributed by atoms with E-state index in [0.29, 0.717) is 52.7 Å². The van der Waals surface area contributed by atoms with Crippen molar-refractivity contribution in [3.05, 3.63) is 11.9 Å². The topological polar surface area (TPSA) is 78.1 Å². The number of carbonyl (C=O) groups is 1. The van der Waals surface area contributed by atoms with Crippen molar-refractivity contribution in [1.29, 1.82) is 0 Å². The molecule has 0 saturated carbocycles. The maximum absolute atomic E-state index is 11.0. The minimum absolute atomic E-state index is 0.108. The summed E-state index contributed by atoms with van der Waals surface area (Å²) in [6, 6.07) is 0. The van der Waals surface area contributed by atoms with E-state index in [1.54, 1.807) is 0 Å². The first kappa shape index (κ1) is 25.9. The molecular formula is C20H40N2O5. The van der Waals surface area contributed by atoms with Crippen molar-refractivity contribution in [2.24, 2.45) is 5.92 Å². The molecule has 0 aliphatic carbocycles. The van der Waals surface area contributed by atoms with E-state index in [9.17, 15) is 4.79 Å². The van der Waals surface area contributed by atoms with Gasteiger partial charge < -0.3 is 29.6 Å². The van der Waals surface area contributed by atoms with Gasteiger partial charge >= 0.3 is 0 Å². The molecule has 2 N–H and O–H groups in total. The molecule has 0 aromatic carbocycles. The minimum Gasteiger partial charge on any atom is -0.389 e. The third-order valence-electron chi connectivity index (χ3n) is 3.73. The highest BCUT2D eigenvalue weighted by atomic mass is 16.6. The summed E-state index contributed by atoms with van der Waals surface area (Å²) in [7, 11) is 1.89. The highest BCUT2D eigenvalue weighted by molar-refractivity contribution is 5.79. The highest BCUT2D eigenvalue weighted by Gasteiger charge is 1.98. The smallest absolute Gasteiger partial charge is 0.158 e. The first-order chi connectivity index (χ1) is 13.1. The lowest BCUT2D eigenvalue weighted by Crippen LogP contribution is -2.19. The molecule has 0 unspecified atom stereocenters. The molecule has 0 amide bonds. The van der Waals surface area contributed by atoms with Crippen LogP contribution >= 0.6 is 0 Å². The second-order valence-corrected chi connectivity index (χ2v) is 6.63. The second kappa shape index (κ2) is 19.6. The molecule has 0 spiro atoms. The number of likely N-dealkylation sites (N-methyl/N-ethyl adjacent to an activating group) is 1. The zero-order valence-electron chi connectivity index (χ0n) is 17.7. The van der Waals surface area contributed by atoms with Crippen LogP contribution in [0.15, 0.2) is 11.9 Å². The van der Waals surface area contributed by atoms with Gasteiger partial charge in [-0.3, -0.25) is 4.79 Å². The van der Waals surface area contributed by atoms with Crippen LogP contribution in [-0.4, -0.2) is 72.2 Å². The van der Waals surface area contributed by atoms with Crippen molar-refractivity contribution in [2.75, 3.05) is 66.4 Å². The van der Waals surface area contributed by atoms with Gasteiger partial charge in [0.2, 0.25) is 0 Å². The van der Waals surface area contributed by atoms with Crippen molar-refractivity contribution >= 4 is 5.78 Å². The average molecular weight is 389 g/mol. The van der Waals surface area contributed by atoms with Gasteiger partial charge in [0, 0.05) is 26.2 Å². The molecule has 0 fully saturated rings. The first-order valence-electron chi connectivity index (χ1n) is 10.0. The number of Topliss-reactive ketones (excluding diaryl/α,β-unsaturated/α-hetero) is 1. The Kier molecular flexibility index (Phi) is 18.8. The van der Waals surface area contributed by atoms with Crippen LogP contribution in [0.3, 0.4) is 0 Å². The Morgan fingerprint density at radius 3 is 2.00 bits per heavy atom. The van der Waals surface area contributed by atoms with Crippen LogP contribution in [0.25, 0.3) is 0 Å². The van der Waals surface area contributed by atoms with Gasteiger partial charge in [0.05, 0.1) is 51.9 Å². The molecule has 0 rings (SSSR count). The van der Waals surface area contributed by atoms with Crippen LogP contribution in [0.1, 0.15) is 40.0 Å². The summed E-state index contributed by atoms with van der Waals surface area (Å²) >= 11 is 0. The SMILES string of the molecule is CCC(=O)COCCOCCOCCOC/C(=C/NCCCC(C)C)NC. The molecule has 0 radical (unpaired) electrons. The van der Waals surface area contributed by atoms with Crippen LogP contribution in [0.4, 0.5) is 0 Å². The van der Waals surface area contributed by atoms with Crippen molar-refractivity contribution in [3.63, 3.8) is 0 Å². The molecule has 7 heteroatoms. The van der Waals surface area contributed by atoms with Crippen LogP contribution < -0.4 is 10.6 Å². The normalized spacial score (nSPS) is 11.8. The van der Waals surface area contributed by atoms with Crippen LogP contribution in [0.2, 0.25) is 0 Å². The number of ether oxygens (including phenoxy) is 4. The zero-order chi connectivity index (χ0) is 20.2. The van der Waals surface area contributed by atoms with Gasteiger partial charge in [-0.1, -0.05) is 20.8 Å². The standard InChI is InChI=1S/C20H40N2O5/c1-5-20(23)17-27-14-12-25-10-9-24-11-13-26-16-19(21-4)15-22-8-6-7-18(2)3/h15,18,21-22H,5-14,16-17H2,1-4H3/b19-15-. The van der Waals surface area contributed by atoms with Gasteiger partial charge in [0.25, 0.3) is 0 Å². The van der Waals surface area contributed by atoms with E-state index in [4.69, 9.17) is 18.9 Å². The summed E-state index contributed by atoms with van der Waals surface area (Å²) in [4.78, 5) is 11.0. The summed E-state index contributed by atoms with van der Waals surface area (Å²) in [6.45, 7) is 11.0. The lowest BCUT2D eigenvalue weighted by Gasteiger charge is -2.10. The maximum atomic E-state index is 11.0. The minimum atomic E-state index is 0.108. The Bertz CT molecular complexity index is 375. The summed E-state index contributed by atoms with van der Waals surface area (Å²) in [5.74, 6) is 0.856. The van der Waals surface area contributed by atoms with Crippen molar-refractivity contribution in [3.8, 4) is 0 Å².